The van der Waals surface area contributed by atoms with E-state index in [9.17, 15) is 0 Å². The van der Waals surface area contributed by atoms with Gasteiger partial charge in [0, 0.05) is 11.8 Å². The summed E-state index contributed by atoms with van der Waals surface area (Å²) in [5.41, 5.74) is 8.43. The zero-order valence-electron chi connectivity index (χ0n) is 21.1. The molecule has 0 amide bonds. The topological polar surface area (TPSA) is 12.9 Å². The van der Waals surface area contributed by atoms with Crippen molar-refractivity contribution in [2.24, 2.45) is 0 Å². The van der Waals surface area contributed by atoms with Gasteiger partial charge in [0.25, 0.3) is 0 Å². The summed E-state index contributed by atoms with van der Waals surface area (Å²) in [6.07, 6.45) is 2.06. The molecule has 1 nitrogen and oxygen atoms in total. The molecule has 3 heterocycles. The highest BCUT2D eigenvalue weighted by atomic mass is 28.4. The van der Waals surface area contributed by atoms with Crippen molar-refractivity contribution in [2.45, 2.75) is 63.7 Å². The van der Waals surface area contributed by atoms with Gasteiger partial charge in [-0.3, -0.25) is 4.98 Å². The third-order valence-electron chi connectivity index (χ3n) is 8.03. The van der Waals surface area contributed by atoms with Crippen LogP contribution < -0.4 is 20.7 Å². The van der Waals surface area contributed by atoms with E-state index in [0.29, 0.717) is 0 Å². The van der Waals surface area contributed by atoms with Gasteiger partial charge in [0.05, 0.1) is 38.0 Å². The van der Waals surface area contributed by atoms with Crippen molar-refractivity contribution in [1.82, 2.24) is 4.98 Å². The lowest BCUT2D eigenvalue weighted by atomic mass is 10.0. The minimum Gasteiger partial charge on any atom is -0.256 e. The smallest absolute Gasteiger partial charge is 0.0790 e. The second-order valence-electron chi connectivity index (χ2n) is 12.8. The number of hydrogen-bond acceptors (Lipinski definition) is 1. The van der Waals surface area contributed by atoms with Crippen LogP contribution in [0.4, 0.5) is 0 Å². The number of aromatic nitrogens is 1. The Bertz CT molecular complexity index is 1170. The number of benzene rings is 2. The summed E-state index contributed by atoms with van der Waals surface area (Å²) in [6, 6.07) is 18.2. The molecule has 166 valence electrons. The largest absolute Gasteiger partial charge is 0.256 e. The molecule has 0 fully saturated rings. The number of fused-ring (bicyclic) bond motifs is 2. The van der Waals surface area contributed by atoms with E-state index in [2.05, 4.69) is 107 Å². The maximum atomic E-state index is 4.79. The van der Waals surface area contributed by atoms with Crippen molar-refractivity contribution in [3.05, 3.63) is 54.7 Å². The fourth-order valence-corrected chi connectivity index (χ4v) is 38.5. The Labute approximate surface area is 198 Å². The van der Waals surface area contributed by atoms with Crippen molar-refractivity contribution in [1.29, 1.82) is 0 Å². The van der Waals surface area contributed by atoms with Crippen LogP contribution in [0.1, 0.15) is 0 Å². The molecule has 0 spiro atoms. The van der Waals surface area contributed by atoms with E-state index in [-0.39, 0.29) is 0 Å². The molecule has 0 saturated carbocycles. The first kappa shape index (κ1) is 22.3. The van der Waals surface area contributed by atoms with Gasteiger partial charge in [-0.1, -0.05) is 121 Å². The predicted octanol–water partition coefficient (Wildman–Crippen LogP) is 5.18. The van der Waals surface area contributed by atoms with Crippen LogP contribution >= 0.6 is 0 Å². The molecule has 0 N–H and O–H groups in total. The fourth-order valence-electron chi connectivity index (χ4n) is 7.37. The van der Waals surface area contributed by atoms with Gasteiger partial charge < -0.3 is 0 Å². The number of pyridine rings is 1. The number of nitrogens with zero attached hydrogens (tertiary/aromatic N) is 1. The lowest BCUT2D eigenvalue weighted by Crippen LogP contribution is -2.56. The van der Waals surface area contributed by atoms with Crippen LogP contribution in [0, 0.1) is 0 Å². The summed E-state index contributed by atoms with van der Waals surface area (Å²) >= 11 is 0. The summed E-state index contributed by atoms with van der Waals surface area (Å²) in [5, 5.41) is 7.28. The Morgan fingerprint density at radius 1 is 0.594 bits per heavy atom. The molecular weight excluding hydrogens is 451 g/mol. The standard InChI is InChI=1S/C27H37NSi4/c1-29(2)18-31(5,6)26-23(29)17-24-27(32(7,8)19-30(24,3)4)25(26)21-14-15-28-22(16-21)20-12-10-9-11-13-20/h9-17H,18-19H2,1-8H3. The molecule has 0 unspecified atom stereocenters. The van der Waals surface area contributed by atoms with Crippen molar-refractivity contribution < 1.29 is 0 Å². The van der Waals surface area contributed by atoms with Gasteiger partial charge in [-0.2, -0.15) is 0 Å². The molecular formula is C27H37NSi4. The molecule has 32 heavy (non-hydrogen) atoms. The maximum absolute atomic E-state index is 4.79. The normalized spacial score (nSPS) is 21.2. The van der Waals surface area contributed by atoms with Crippen LogP contribution in [-0.4, -0.2) is 37.3 Å². The molecule has 3 aromatic rings. The lowest BCUT2D eigenvalue weighted by molar-refractivity contribution is 1.33. The maximum Gasteiger partial charge on any atom is 0.0790 e. The van der Waals surface area contributed by atoms with E-state index in [0.717, 1.165) is 5.69 Å². The molecule has 2 aliphatic rings. The third-order valence-corrected chi connectivity index (χ3v) is 30.1. The molecule has 0 saturated heterocycles. The summed E-state index contributed by atoms with van der Waals surface area (Å²) in [5.74, 6) is 0. The number of hydrogen-bond donors (Lipinski definition) is 0. The van der Waals surface area contributed by atoms with Crippen LogP contribution in [0.25, 0.3) is 22.4 Å². The van der Waals surface area contributed by atoms with E-state index in [1.807, 2.05) is 20.7 Å². The molecule has 0 aliphatic carbocycles. The molecule has 2 aliphatic heterocycles. The first-order valence-electron chi connectivity index (χ1n) is 12.1. The fraction of sp³-hybridized carbons (Fsp3) is 0.370. The third kappa shape index (κ3) is 3.31. The minimum atomic E-state index is -1.49. The van der Waals surface area contributed by atoms with Crippen LogP contribution in [0.2, 0.25) is 63.7 Å². The molecule has 5 heteroatoms. The van der Waals surface area contributed by atoms with Crippen LogP contribution in [0.5, 0.6) is 0 Å². The van der Waals surface area contributed by atoms with Gasteiger partial charge in [-0.25, -0.2) is 0 Å². The van der Waals surface area contributed by atoms with Crippen molar-refractivity contribution in [3.8, 4) is 22.4 Å². The van der Waals surface area contributed by atoms with Gasteiger partial charge in [0.15, 0.2) is 0 Å². The highest BCUT2D eigenvalue weighted by molar-refractivity contribution is 7.18. The second kappa shape index (κ2) is 6.98. The molecule has 5 rings (SSSR count). The zero-order chi connectivity index (χ0) is 23.1. The lowest BCUT2D eigenvalue weighted by Gasteiger charge is -2.29. The van der Waals surface area contributed by atoms with Gasteiger partial charge >= 0.3 is 0 Å². The highest BCUT2D eigenvalue weighted by Gasteiger charge is 2.52. The Morgan fingerprint density at radius 2 is 1.12 bits per heavy atom. The molecule has 1 aromatic heterocycles. The monoisotopic (exact) mass is 487 g/mol. The van der Waals surface area contributed by atoms with E-state index in [1.165, 1.54) is 22.5 Å². The summed E-state index contributed by atoms with van der Waals surface area (Å²) in [6.45, 7) is 21.1. The zero-order valence-corrected chi connectivity index (χ0v) is 25.1. The van der Waals surface area contributed by atoms with E-state index in [1.54, 1.807) is 5.56 Å². The molecule has 2 aromatic carbocycles. The van der Waals surface area contributed by atoms with Crippen LogP contribution in [-0.2, 0) is 0 Å². The molecule has 0 radical (unpaired) electrons. The van der Waals surface area contributed by atoms with Crippen LogP contribution in [0.15, 0.2) is 54.7 Å². The summed E-state index contributed by atoms with van der Waals surface area (Å²) in [4.78, 5) is 4.79. The highest BCUT2D eigenvalue weighted by Crippen LogP contribution is 2.36. The molecule has 0 atom stereocenters. The first-order valence-corrected chi connectivity index (χ1v) is 24.9. The Balaban J connectivity index is 1.88. The van der Waals surface area contributed by atoms with Crippen molar-refractivity contribution >= 4 is 53.0 Å². The van der Waals surface area contributed by atoms with E-state index in [4.69, 9.17) is 4.98 Å². The first-order chi connectivity index (χ1) is 14.8. The molecule has 0 bridgehead atoms. The Morgan fingerprint density at radius 3 is 1.66 bits per heavy atom. The minimum absolute atomic E-state index is 1.11. The van der Waals surface area contributed by atoms with E-state index < -0.39 is 32.3 Å². The van der Waals surface area contributed by atoms with Gasteiger partial charge in [-0.05, 0) is 23.3 Å². The predicted molar refractivity (Wildman–Crippen MR) is 153 cm³/mol. The quantitative estimate of drug-likeness (QED) is 0.454. The Kier molecular flexibility index (Phi) is 4.86. The summed E-state index contributed by atoms with van der Waals surface area (Å²) in [7, 11) is -5.80. The second-order valence-corrected chi connectivity index (χ2v) is 32.8. The average Bonchev–Trinajstić information content (AvgIpc) is 3.02. The number of rotatable bonds is 2. The summed E-state index contributed by atoms with van der Waals surface area (Å²) < 4.78 is 0. The Hall–Kier alpha value is -1.54. The van der Waals surface area contributed by atoms with Crippen molar-refractivity contribution in [3.63, 3.8) is 0 Å². The van der Waals surface area contributed by atoms with Gasteiger partial charge in [-0.15, -0.1) is 0 Å². The average molecular weight is 488 g/mol. The van der Waals surface area contributed by atoms with Gasteiger partial charge in [0.2, 0.25) is 0 Å². The van der Waals surface area contributed by atoms with Crippen molar-refractivity contribution in [2.75, 3.05) is 0 Å². The van der Waals surface area contributed by atoms with E-state index >= 15 is 0 Å². The van der Waals surface area contributed by atoms with Gasteiger partial charge in [0.1, 0.15) is 0 Å². The van der Waals surface area contributed by atoms with Crippen LogP contribution in [0.3, 0.4) is 0 Å². The SMILES string of the molecule is C[Si]1(C)C[Si](C)(C)c2c1cc1c(c2-c2ccnc(-c3ccccc3)c2)[Si](C)(C)C[Si]1(C)C.